The second-order valence-electron chi connectivity index (χ2n) is 4.57. The Labute approximate surface area is 92.7 Å². The highest BCUT2D eigenvalue weighted by molar-refractivity contribution is 4.94. The van der Waals surface area contributed by atoms with Gasteiger partial charge in [0.05, 0.1) is 24.4 Å². The summed E-state index contributed by atoms with van der Waals surface area (Å²) in [6.45, 7) is 9.60. The van der Waals surface area contributed by atoms with Gasteiger partial charge >= 0.3 is 0 Å². The number of hydrogen-bond acceptors (Lipinski definition) is 4. The van der Waals surface area contributed by atoms with Gasteiger partial charge in [0.15, 0.2) is 0 Å². The highest BCUT2D eigenvalue weighted by Gasteiger charge is 2.38. The van der Waals surface area contributed by atoms with Crippen molar-refractivity contribution in [2.45, 2.75) is 38.5 Å². The largest absolute Gasteiger partial charge is 0.380 e. The van der Waals surface area contributed by atoms with Gasteiger partial charge in [0.25, 0.3) is 0 Å². The molecule has 1 aliphatic rings. The van der Waals surface area contributed by atoms with E-state index in [-0.39, 0.29) is 17.7 Å². The van der Waals surface area contributed by atoms with Crippen LogP contribution in [-0.2, 0) is 9.47 Å². The highest BCUT2D eigenvalue weighted by Crippen LogP contribution is 2.23. The lowest BCUT2D eigenvalue weighted by Gasteiger charge is -2.47. The third-order valence-corrected chi connectivity index (χ3v) is 3.61. The van der Waals surface area contributed by atoms with Crippen molar-refractivity contribution in [1.29, 1.82) is 0 Å². The van der Waals surface area contributed by atoms with Gasteiger partial charge in [-0.15, -0.1) is 0 Å². The summed E-state index contributed by atoms with van der Waals surface area (Å²) in [4.78, 5) is 2.38. The zero-order chi connectivity index (χ0) is 11.5. The molecule has 0 aromatic heterocycles. The first-order valence-corrected chi connectivity index (χ1v) is 5.64. The Bertz CT molecular complexity index is 201. The summed E-state index contributed by atoms with van der Waals surface area (Å²) in [7, 11) is 1.74. The first kappa shape index (κ1) is 12.9. The molecule has 0 aromatic carbocycles. The molecule has 1 rings (SSSR count). The fourth-order valence-electron chi connectivity index (χ4n) is 2.09. The summed E-state index contributed by atoms with van der Waals surface area (Å²) in [6, 6.07) is 0. The van der Waals surface area contributed by atoms with E-state index in [0.717, 1.165) is 19.7 Å². The summed E-state index contributed by atoms with van der Waals surface area (Å²) in [5, 5.41) is 0. The second kappa shape index (κ2) is 5.25. The molecule has 0 aliphatic carbocycles. The average molecular weight is 216 g/mol. The van der Waals surface area contributed by atoms with Crippen LogP contribution in [0.4, 0.5) is 0 Å². The van der Waals surface area contributed by atoms with Gasteiger partial charge in [-0.2, -0.15) is 0 Å². The maximum atomic E-state index is 5.90. The Morgan fingerprint density at radius 1 is 1.67 bits per heavy atom. The number of nitrogens with two attached hydrogens (primary N) is 1. The molecule has 1 saturated heterocycles. The summed E-state index contributed by atoms with van der Waals surface area (Å²) < 4.78 is 11.0. The van der Waals surface area contributed by atoms with Crippen LogP contribution in [0.3, 0.4) is 0 Å². The molecule has 2 N–H and O–H groups in total. The third-order valence-electron chi connectivity index (χ3n) is 3.61. The van der Waals surface area contributed by atoms with Crippen LogP contribution in [0, 0.1) is 0 Å². The van der Waals surface area contributed by atoms with E-state index in [1.165, 1.54) is 0 Å². The summed E-state index contributed by atoms with van der Waals surface area (Å²) in [6.07, 6.45) is 0.418. The molecular formula is C11H24N2O2. The van der Waals surface area contributed by atoms with Crippen LogP contribution in [0.5, 0.6) is 0 Å². The minimum absolute atomic E-state index is 0.0905. The highest BCUT2D eigenvalue weighted by atomic mass is 16.5. The van der Waals surface area contributed by atoms with Crippen molar-refractivity contribution >= 4 is 0 Å². The normalized spacial score (nSPS) is 29.8. The van der Waals surface area contributed by atoms with Crippen LogP contribution in [0.2, 0.25) is 0 Å². The van der Waals surface area contributed by atoms with Crippen molar-refractivity contribution in [2.24, 2.45) is 5.73 Å². The van der Waals surface area contributed by atoms with Gasteiger partial charge in [0, 0.05) is 26.7 Å². The Morgan fingerprint density at radius 3 is 2.80 bits per heavy atom. The molecule has 3 unspecified atom stereocenters. The molecule has 1 fully saturated rings. The maximum Gasteiger partial charge on any atom is 0.0736 e. The zero-order valence-corrected chi connectivity index (χ0v) is 10.3. The SMILES string of the molecule is COC(C)C(C)(CN)N1CCOC(C)C1. The van der Waals surface area contributed by atoms with Crippen LogP contribution in [-0.4, -0.2) is 56.0 Å². The standard InChI is InChI=1S/C11H24N2O2/c1-9-7-13(5-6-15-9)11(3,8-12)10(2)14-4/h9-10H,5-8,12H2,1-4H3. The number of ether oxygens (including phenoxy) is 2. The van der Waals surface area contributed by atoms with Gasteiger partial charge in [-0.25, -0.2) is 0 Å². The number of nitrogens with zero attached hydrogens (tertiary/aromatic N) is 1. The molecule has 90 valence electrons. The first-order chi connectivity index (χ1) is 7.04. The monoisotopic (exact) mass is 216 g/mol. The summed E-state index contributed by atoms with van der Waals surface area (Å²) in [5.41, 5.74) is 5.81. The number of methoxy groups -OCH3 is 1. The van der Waals surface area contributed by atoms with E-state index >= 15 is 0 Å². The fraction of sp³-hybridized carbons (Fsp3) is 1.00. The zero-order valence-electron chi connectivity index (χ0n) is 10.3. The van der Waals surface area contributed by atoms with E-state index in [1.54, 1.807) is 7.11 Å². The van der Waals surface area contributed by atoms with Crippen LogP contribution in [0.15, 0.2) is 0 Å². The minimum Gasteiger partial charge on any atom is -0.380 e. The van der Waals surface area contributed by atoms with Crippen LogP contribution in [0.25, 0.3) is 0 Å². The molecule has 0 aromatic rings. The molecule has 1 heterocycles. The van der Waals surface area contributed by atoms with Crippen molar-refractivity contribution in [3.05, 3.63) is 0 Å². The number of hydrogen-bond donors (Lipinski definition) is 1. The van der Waals surface area contributed by atoms with Crippen LogP contribution < -0.4 is 5.73 Å². The summed E-state index contributed by atoms with van der Waals surface area (Å²) in [5.74, 6) is 0. The minimum atomic E-state index is -0.0905. The molecule has 1 aliphatic heterocycles. The second-order valence-corrected chi connectivity index (χ2v) is 4.57. The van der Waals surface area contributed by atoms with Gasteiger partial charge < -0.3 is 15.2 Å². The number of rotatable bonds is 4. The molecule has 15 heavy (non-hydrogen) atoms. The topological polar surface area (TPSA) is 47.7 Å². The lowest BCUT2D eigenvalue weighted by Crippen LogP contribution is -2.62. The Balaban J connectivity index is 2.71. The number of morpholine rings is 1. The summed E-state index contributed by atoms with van der Waals surface area (Å²) >= 11 is 0. The van der Waals surface area contributed by atoms with Crippen molar-refractivity contribution in [3.8, 4) is 0 Å². The predicted octanol–water partition coefficient (Wildman–Crippen LogP) is 0.459. The van der Waals surface area contributed by atoms with Crippen molar-refractivity contribution in [1.82, 2.24) is 4.90 Å². The lowest BCUT2D eigenvalue weighted by molar-refractivity contribution is -0.0962. The lowest BCUT2D eigenvalue weighted by atomic mass is 9.92. The van der Waals surface area contributed by atoms with Crippen molar-refractivity contribution in [2.75, 3.05) is 33.4 Å². The quantitative estimate of drug-likeness (QED) is 0.741. The van der Waals surface area contributed by atoms with Gasteiger partial charge in [-0.05, 0) is 20.8 Å². The van der Waals surface area contributed by atoms with E-state index in [4.69, 9.17) is 15.2 Å². The van der Waals surface area contributed by atoms with E-state index < -0.39 is 0 Å². The maximum absolute atomic E-state index is 5.90. The molecule has 0 spiro atoms. The first-order valence-electron chi connectivity index (χ1n) is 5.64. The van der Waals surface area contributed by atoms with E-state index in [2.05, 4.69) is 25.7 Å². The Hall–Kier alpha value is -0.160. The fourth-order valence-corrected chi connectivity index (χ4v) is 2.09. The molecular weight excluding hydrogens is 192 g/mol. The Morgan fingerprint density at radius 2 is 2.33 bits per heavy atom. The molecule has 0 saturated carbocycles. The smallest absolute Gasteiger partial charge is 0.0736 e. The molecule has 0 amide bonds. The molecule has 4 nitrogen and oxygen atoms in total. The van der Waals surface area contributed by atoms with E-state index in [0.29, 0.717) is 6.54 Å². The van der Waals surface area contributed by atoms with E-state index in [1.807, 2.05) is 0 Å². The molecule has 0 bridgehead atoms. The molecule has 0 radical (unpaired) electrons. The van der Waals surface area contributed by atoms with Crippen LogP contribution in [0.1, 0.15) is 20.8 Å². The van der Waals surface area contributed by atoms with Gasteiger partial charge in [0.1, 0.15) is 0 Å². The third kappa shape index (κ3) is 2.69. The van der Waals surface area contributed by atoms with Crippen molar-refractivity contribution in [3.63, 3.8) is 0 Å². The van der Waals surface area contributed by atoms with Gasteiger partial charge in [-0.1, -0.05) is 0 Å². The van der Waals surface area contributed by atoms with E-state index in [9.17, 15) is 0 Å². The average Bonchev–Trinajstić information content (AvgIpc) is 2.26. The van der Waals surface area contributed by atoms with Gasteiger partial charge in [-0.3, -0.25) is 4.90 Å². The van der Waals surface area contributed by atoms with Crippen LogP contribution >= 0.6 is 0 Å². The van der Waals surface area contributed by atoms with Crippen molar-refractivity contribution < 1.29 is 9.47 Å². The predicted molar refractivity (Wildman–Crippen MR) is 60.9 cm³/mol. The molecule has 3 atom stereocenters. The molecule has 4 heteroatoms. The van der Waals surface area contributed by atoms with Gasteiger partial charge in [0.2, 0.25) is 0 Å². The Kier molecular flexibility index (Phi) is 4.52.